The van der Waals surface area contributed by atoms with Gasteiger partial charge in [-0.3, -0.25) is 4.79 Å². The molecule has 0 unspecified atom stereocenters. The van der Waals surface area contributed by atoms with Gasteiger partial charge in [0.25, 0.3) is 5.91 Å². The first kappa shape index (κ1) is 10.2. The number of likely N-dealkylation sites (N-methyl/N-ethyl adjacent to an activating group) is 1. The third-order valence-corrected chi connectivity index (χ3v) is 2.72. The van der Waals surface area contributed by atoms with Crippen molar-refractivity contribution in [3.63, 3.8) is 0 Å². The van der Waals surface area contributed by atoms with Gasteiger partial charge in [0.2, 0.25) is 0 Å². The quantitative estimate of drug-likeness (QED) is 0.792. The zero-order valence-electron chi connectivity index (χ0n) is 7.78. The Morgan fingerprint density at radius 3 is 2.77 bits per heavy atom. The summed E-state index contributed by atoms with van der Waals surface area (Å²) in [5, 5.41) is 8.65. The first-order chi connectivity index (χ1) is 6.15. The summed E-state index contributed by atoms with van der Waals surface area (Å²) >= 11 is 1.48. The first-order valence-corrected chi connectivity index (χ1v) is 4.89. The predicted molar refractivity (Wildman–Crippen MR) is 53.1 cm³/mol. The van der Waals surface area contributed by atoms with Gasteiger partial charge < -0.3 is 10.0 Å². The van der Waals surface area contributed by atoms with Crippen LogP contribution in [0.4, 0.5) is 0 Å². The Hall–Kier alpha value is -0.870. The molecule has 0 bridgehead atoms. The second-order valence-corrected chi connectivity index (χ2v) is 4.15. The van der Waals surface area contributed by atoms with E-state index in [0.717, 1.165) is 9.75 Å². The summed E-state index contributed by atoms with van der Waals surface area (Å²) in [5.74, 6) is -0.0212. The van der Waals surface area contributed by atoms with Crippen molar-refractivity contribution >= 4 is 17.2 Å². The van der Waals surface area contributed by atoms with Crippen LogP contribution in [-0.4, -0.2) is 36.1 Å². The van der Waals surface area contributed by atoms with Crippen LogP contribution in [-0.2, 0) is 0 Å². The molecule has 0 aliphatic rings. The molecular weight excluding hydrogens is 186 g/mol. The maximum absolute atomic E-state index is 11.6. The minimum atomic E-state index is -0.0212. The molecule has 1 rings (SSSR count). The van der Waals surface area contributed by atoms with E-state index in [1.165, 1.54) is 16.2 Å². The number of carbonyl (C=O) groups excluding carboxylic acids is 1. The Morgan fingerprint density at radius 2 is 2.31 bits per heavy atom. The standard InChI is InChI=1S/C9H13NO2S/c1-7-3-4-8(13-7)9(12)10(2)5-6-11/h3-4,11H,5-6H2,1-2H3. The molecule has 13 heavy (non-hydrogen) atoms. The molecule has 0 atom stereocenters. The van der Waals surface area contributed by atoms with Crippen molar-refractivity contribution in [2.45, 2.75) is 6.92 Å². The van der Waals surface area contributed by atoms with Crippen LogP contribution in [0.2, 0.25) is 0 Å². The number of hydrogen-bond acceptors (Lipinski definition) is 3. The predicted octanol–water partition coefficient (Wildman–Crippen LogP) is 1.12. The average Bonchev–Trinajstić information content (AvgIpc) is 2.51. The Bertz CT molecular complexity index is 296. The van der Waals surface area contributed by atoms with E-state index in [4.69, 9.17) is 5.11 Å². The van der Waals surface area contributed by atoms with Crippen LogP contribution in [0.15, 0.2) is 12.1 Å². The molecule has 0 aliphatic carbocycles. The Morgan fingerprint density at radius 1 is 1.62 bits per heavy atom. The maximum Gasteiger partial charge on any atom is 0.263 e. The minimum Gasteiger partial charge on any atom is -0.395 e. The molecule has 1 heterocycles. The highest BCUT2D eigenvalue weighted by Crippen LogP contribution is 2.16. The van der Waals surface area contributed by atoms with Crippen molar-refractivity contribution in [3.8, 4) is 0 Å². The number of amides is 1. The molecule has 72 valence electrons. The lowest BCUT2D eigenvalue weighted by molar-refractivity contribution is 0.0771. The molecule has 3 nitrogen and oxygen atoms in total. The molecule has 1 amide bonds. The third kappa shape index (κ3) is 2.54. The number of aryl methyl sites for hydroxylation is 1. The highest BCUT2D eigenvalue weighted by molar-refractivity contribution is 7.13. The zero-order valence-corrected chi connectivity index (χ0v) is 8.60. The summed E-state index contributed by atoms with van der Waals surface area (Å²) in [6.07, 6.45) is 0. The van der Waals surface area contributed by atoms with Crippen LogP contribution in [0, 0.1) is 6.92 Å². The van der Waals surface area contributed by atoms with E-state index in [-0.39, 0.29) is 12.5 Å². The molecule has 4 heteroatoms. The lowest BCUT2D eigenvalue weighted by Crippen LogP contribution is -2.28. The van der Waals surface area contributed by atoms with Gasteiger partial charge >= 0.3 is 0 Å². The molecule has 1 aromatic rings. The van der Waals surface area contributed by atoms with E-state index in [2.05, 4.69) is 0 Å². The molecule has 0 radical (unpaired) electrons. The van der Waals surface area contributed by atoms with E-state index in [1.54, 1.807) is 7.05 Å². The van der Waals surface area contributed by atoms with Crippen LogP contribution in [0.3, 0.4) is 0 Å². The fraction of sp³-hybridized carbons (Fsp3) is 0.444. The van der Waals surface area contributed by atoms with Gasteiger partial charge in [0.05, 0.1) is 11.5 Å². The second-order valence-electron chi connectivity index (χ2n) is 2.86. The first-order valence-electron chi connectivity index (χ1n) is 4.08. The molecule has 0 saturated carbocycles. The van der Waals surface area contributed by atoms with Gasteiger partial charge in [0, 0.05) is 18.5 Å². The van der Waals surface area contributed by atoms with Crippen molar-refractivity contribution in [1.29, 1.82) is 0 Å². The van der Waals surface area contributed by atoms with Crippen LogP contribution in [0.5, 0.6) is 0 Å². The van der Waals surface area contributed by atoms with Gasteiger partial charge in [0.1, 0.15) is 0 Å². The van der Waals surface area contributed by atoms with Crippen molar-refractivity contribution in [2.24, 2.45) is 0 Å². The molecule has 0 spiro atoms. The highest BCUT2D eigenvalue weighted by atomic mass is 32.1. The maximum atomic E-state index is 11.6. The summed E-state index contributed by atoms with van der Waals surface area (Å²) in [6, 6.07) is 3.74. The lowest BCUT2D eigenvalue weighted by Gasteiger charge is -2.13. The Balaban J connectivity index is 2.67. The summed E-state index contributed by atoms with van der Waals surface area (Å²) in [7, 11) is 1.69. The number of carbonyl (C=O) groups is 1. The largest absolute Gasteiger partial charge is 0.395 e. The van der Waals surface area contributed by atoms with Gasteiger partial charge in [-0.05, 0) is 19.1 Å². The fourth-order valence-electron chi connectivity index (χ4n) is 0.989. The molecular formula is C9H13NO2S. The Kier molecular flexibility index (Phi) is 3.45. The summed E-state index contributed by atoms with van der Waals surface area (Å²) in [4.78, 5) is 14.9. The smallest absolute Gasteiger partial charge is 0.263 e. The van der Waals surface area contributed by atoms with Crippen LogP contribution in [0.1, 0.15) is 14.5 Å². The number of aliphatic hydroxyl groups excluding tert-OH is 1. The molecule has 1 N–H and O–H groups in total. The molecule has 0 aromatic carbocycles. The van der Waals surface area contributed by atoms with E-state index in [9.17, 15) is 4.79 Å². The SMILES string of the molecule is Cc1ccc(C(=O)N(C)CCO)s1. The number of aliphatic hydroxyl groups is 1. The number of rotatable bonds is 3. The van der Waals surface area contributed by atoms with E-state index < -0.39 is 0 Å². The average molecular weight is 199 g/mol. The Labute approximate surface area is 81.6 Å². The van der Waals surface area contributed by atoms with E-state index in [1.807, 2.05) is 19.1 Å². The van der Waals surface area contributed by atoms with Gasteiger partial charge in [-0.2, -0.15) is 0 Å². The topological polar surface area (TPSA) is 40.5 Å². The van der Waals surface area contributed by atoms with Gasteiger partial charge in [-0.1, -0.05) is 0 Å². The van der Waals surface area contributed by atoms with E-state index >= 15 is 0 Å². The van der Waals surface area contributed by atoms with Crippen LogP contribution < -0.4 is 0 Å². The fourth-order valence-corrected chi connectivity index (χ4v) is 1.85. The number of nitrogens with zero attached hydrogens (tertiary/aromatic N) is 1. The highest BCUT2D eigenvalue weighted by Gasteiger charge is 2.12. The van der Waals surface area contributed by atoms with Crippen molar-refractivity contribution in [1.82, 2.24) is 4.90 Å². The van der Waals surface area contributed by atoms with Crippen molar-refractivity contribution < 1.29 is 9.90 Å². The van der Waals surface area contributed by atoms with Gasteiger partial charge in [-0.25, -0.2) is 0 Å². The van der Waals surface area contributed by atoms with Crippen molar-refractivity contribution in [2.75, 3.05) is 20.2 Å². The number of hydrogen-bond donors (Lipinski definition) is 1. The lowest BCUT2D eigenvalue weighted by atomic mass is 10.4. The third-order valence-electron chi connectivity index (χ3n) is 1.73. The van der Waals surface area contributed by atoms with Gasteiger partial charge in [-0.15, -0.1) is 11.3 Å². The second kappa shape index (κ2) is 4.39. The normalized spacial score (nSPS) is 10.1. The minimum absolute atomic E-state index is 0.00655. The van der Waals surface area contributed by atoms with Crippen LogP contribution >= 0.6 is 11.3 Å². The molecule has 0 aliphatic heterocycles. The van der Waals surface area contributed by atoms with E-state index in [0.29, 0.717) is 6.54 Å². The number of thiophene rings is 1. The zero-order chi connectivity index (χ0) is 9.84. The molecule has 0 fully saturated rings. The van der Waals surface area contributed by atoms with Crippen LogP contribution in [0.25, 0.3) is 0 Å². The molecule has 1 aromatic heterocycles. The van der Waals surface area contributed by atoms with Gasteiger partial charge in [0.15, 0.2) is 0 Å². The summed E-state index contributed by atoms with van der Waals surface area (Å²) in [6.45, 7) is 2.36. The van der Waals surface area contributed by atoms with Crippen molar-refractivity contribution in [3.05, 3.63) is 21.9 Å². The monoisotopic (exact) mass is 199 g/mol. The molecule has 0 saturated heterocycles. The summed E-state index contributed by atoms with van der Waals surface area (Å²) in [5.41, 5.74) is 0. The summed E-state index contributed by atoms with van der Waals surface area (Å²) < 4.78 is 0.